The molecule has 0 spiro atoms. The van der Waals surface area contributed by atoms with Crippen molar-refractivity contribution in [2.45, 2.75) is 38.2 Å². The van der Waals surface area contributed by atoms with Gasteiger partial charge >= 0.3 is 0 Å². The van der Waals surface area contributed by atoms with E-state index in [0.29, 0.717) is 11.7 Å². The van der Waals surface area contributed by atoms with Gasteiger partial charge in [0, 0.05) is 7.05 Å². The third-order valence-electron chi connectivity index (χ3n) is 3.10. The Labute approximate surface area is 84.0 Å². The number of nitrogens with zero attached hydrogens (tertiary/aromatic N) is 3. The second-order valence-corrected chi connectivity index (χ2v) is 4.48. The average molecular weight is 195 g/mol. The summed E-state index contributed by atoms with van der Waals surface area (Å²) in [6.45, 7) is 1.83. The van der Waals surface area contributed by atoms with E-state index in [1.54, 1.807) is 4.68 Å². The zero-order valence-electron chi connectivity index (χ0n) is 8.77. The summed E-state index contributed by atoms with van der Waals surface area (Å²) in [5, 5.41) is 14.2. The number of aliphatic hydroxyl groups is 1. The van der Waals surface area contributed by atoms with Crippen LogP contribution in [0.3, 0.4) is 0 Å². The van der Waals surface area contributed by atoms with Crippen molar-refractivity contribution >= 4 is 0 Å². The molecular formula is C10H17N3O. The lowest BCUT2D eigenvalue weighted by Crippen LogP contribution is -2.30. The predicted molar refractivity (Wildman–Crippen MR) is 52.5 cm³/mol. The van der Waals surface area contributed by atoms with Crippen molar-refractivity contribution in [3.05, 3.63) is 12.2 Å². The zero-order valence-corrected chi connectivity index (χ0v) is 8.77. The monoisotopic (exact) mass is 195 g/mol. The number of aryl methyl sites for hydroxylation is 1. The highest BCUT2D eigenvalue weighted by Gasteiger charge is 2.33. The van der Waals surface area contributed by atoms with Gasteiger partial charge in [0.15, 0.2) is 5.82 Å². The fraction of sp³-hybridized carbons (Fsp3) is 0.800. The summed E-state index contributed by atoms with van der Waals surface area (Å²) < 4.78 is 1.65. The fourth-order valence-corrected chi connectivity index (χ4v) is 2.13. The van der Waals surface area contributed by atoms with Crippen LogP contribution in [-0.4, -0.2) is 19.9 Å². The van der Waals surface area contributed by atoms with Crippen molar-refractivity contribution in [3.63, 3.8) is 0 Å². The van der Waals surface area contributed by atoms with E-state index < -0.39 is 5.60 Å². The summed E-state index contributed by atoms with van der Waals surface area (Å²) in [5.41, 5.74) is -0.823. The van der Waals surface area contributed by atoms with Crippen molar-refractivity contribution in [2.24, 2.45) is 13.0 Å². The topological polar surface area (TPSA) is 50.9 Å². The Kier molecular flexibility index (Phi) is 2.31. The largest absolute Gasteiger partial charge is 0.382 e. The van der Waals surface area contributed by atoms with Gasteiger partial charge in [0.2, 0.25) is 0 Å². The van der Waals surface area contributed by atoms with E-state index in [0.717, 1.165) is 6.42 Å². The Balaban J connectivity index is 2.10. The molecule has 1 aromatic heterocycles. The van der Waals surface area contributed by atoms with E-state index in [1.165, 1.54) is 25.6 Å². The van der Waals surface area contributed by atoms with Crippen LogP contribution in [0.4, 0.5) is 0 Å². The van der Waals surface area contributed by atoms with Gasteiger partial charge in [-0.15, -0.1) is 0 Å². The molecule has 0 aliphatic heterocycles. The van der Waals surface area contributed by atoms with Gasteiger partial charge in [0.1, 0.15) is 11.9 Å². The lowest BCUT2D eigenvalue weighted by molar-refractivity contribution is 0.00514. The van der Waals surface area contributed by atoms with Gasteiger partial charge in [-0.05, 0) is 19.3 Å². The Hall–Kier alpha value is -0.900. The fourth-order valence-electron chi connectivity index (χ4n) is 2.13. The maximum absolute atomic E-state index is 10.3. The highest BCUT2D eigenvalue weighted by Crippen LogP contribution is 2.36. The predicted octanol–water partition coefficient (Wildman–Crippen LogP) is 1.21. The molecule has 2 rings (SSSR count). The average Bonchev–Trinajstić information content (AvgIpc) is 2.45. The molecule has 1 heterocycles. The van der Waals surface area contributed by atoms with Crippen LogP contribution in [0.5, 0.6) is 0 Å². The molecule has 1 saturated carbocycles. The quantitative estimate of drug-likeness (QED) is 0.788. The molecule has 0 amide bonds. The molecule has 1 unspecified atom stereocenters. The third kappa shape index (κ3) is 1.66. The molecule has 4 heteroatoms. The minimum atomic E-state index is -0.823. The third-order valence-corrected chi connectivity index (χ3v) is 3.10. The van der Waals surface area contributed by atoms with Crippen LogP contribution in [0.2, 0.25) is 0 Å². The summed E-state index contributed by atoms with van der Waals surface area (Å²) in [7, 11) is 1.82. The normalized spacial score (nSPS) is 21.6. The molecule has 1 aliphatic rings. The highest BCUT2D eigenvalue weighted by molar-refractivity contribution is 4.99. The lowest BCUT2D eigenvalue weighted by Gasteiger charge is -2.32. The second-order valence-electron chi connectivity index (χ2n) is 4.48. The maximum atomic E-state index is 10.3. The van der Waals surface area contributed by atoms with Crippen molar-refractivity contribution in [3.8, 4) is 0 Å². The molecule has 0 radical (unpaired) electrons. The van der Waals surface area contributed by atoms with Crippen LogP contribution in [-0.2, 0) is 12.6 Å². The second kappa shape index (κ2) is 3.35. The van der Waals surface area contributed by atoms with Gasteiger partial charge in [-0.2, -0.15) is 5.10 Å². The SMILES string of the molecule is Cn1ncnc1C(C)(O)CC1CCC1. The summed E-state index contributed by atoms with van der Waals surface area (Å²) in [6.07, 6.45) is 6.09. The van der Waals surface area contributed by atoms with E-state index in [1.807, 2.05) is 14.0 Å². The van der Waals surface area contributed by atoms with E-state index in [4.69, 9.17) is 0 Å². The minimum absolute atomic E-state index is 0.668. The van der Waals surface area contributed by atoms with Gasteiger partial charge in [-0.1, -0.05) is 19.3 Å². The van der Waals surface area contributed by atoms with E-state index >= 15 is 0 Å². The first-order valence-electron chi connectivity index (χ1n) is 5.16. The molecule has 0 bridgehead atoms. The van der Waals surface area contributed by atoms with Crippen molar-refractivity contribution < 1.29 is 5.11 Å². The molecule has 1 fully saturated rings. The number of rotatable bonds is 3. The highest BCUT2D eigenvalue weighted by atomic mass is 16.3. The smallest absolute Gasteiger partial charge is 0.158 e. The molecule has 4 nitrogen and oxygen atoms in total. The van der Waals surface area contributed by atoms with E-state index in [2.05, 4.69) is 10.1 Å². The van der Waals surface area contributed by atoms with Crippen LogP contribution in [0.1, 0.15) is 38.4 Å². The summed E-state index contributed by atoms with van der Waals surface area (Å²) in [4.78, 5) is 4.10. The zero-order chi connectivity index (χ0) is 10.2. The maximum Gasteiger partial charge on any atom is 0.158 e. The summed E-state index contributed by atoms with van der Waals surface area (Å²) in [6, 6.07) is 0. The van der Waals surface area contributed by atoms with Crippen LogP contribution < -0.4 is 0 Å². The summed E-state index contributed by atoms with van der Waals surface area (Å²) in [5.74, 6) is 1.34. The molecule has 0 aromatic carbocycles. The molecule has 1 N–H and O–H groups in total. The molecule has 78 valence electrons. The Morgan fingerprint density at radius 3 is 2.79 bits per heavy atom. The molecule has 14 heavy (non-hydrogen) atoms. The van der Waals surface area contributed by atoms with Gasteiger partial charge in [0.25, 0.3) is 0 Å². The van der Waals surface area contributed by atoms with Gasteiger partial charge in [-0.25, -0.2) is 4.98 Å². The molecule has 1 aliphatic carbocycles. The Bertz CT molecular complexity index is 315. The standard InChI is InChI=1S/C10H17N3O/c1-10(14,6-8-4-3-5-8)9-11-7-12-13(9)2/h7-8,14H,3-6H2,1-2H3. The van der Waals surface area contributed by atoms with Gasteiger partial charge in [0.05, 0.1) is 0 Å². The molecule has 1 aromatic rings. The van der Waals surface area contributed by atoms with Crippen LogP contribution in [0.25, 0.3) is 0 Å². The van der Waals surface area contributed by atoms with Crippen LogP contribution >= 0.6 is 0 Å². The number of aromatic nitrogens is 3. The van der Waals surface area contributed by atoms with Crippen molar-refractivity contribution in [1.29, 1.82) is 0 Å². The molecule has 0 saturated heterocycles. The first kappa shape index (κ1) is 9.65. The Morgan fingerprint density at radius 1 is 1.64 bits per heavy atom. The first-order valence-corrected chi connectivity index (χ1v) is 5.16. The van der Waals surface area contributed by atoms with Crippen molar-refractivity contribution in [2.75, 3.05) is 0 Å². The van der Waals surface area contributed by atoms with Crippen LogP contribution in [0.15, 0.2) is 6.33 Å². The van der Waals surface area contributed by atoms with Crippen molar-refractivity contribution in [1.82, 2.24) is 14.8 Å². The summed E-state index contributed by atoms with van der Waals surface area (Å²) >= 11 is 0. The van der Waals surface area contributed by atoms with Crippen LogP contribution in [0, 0.1) is 5.92 Å². The molecular weight excluding hydrogens is 178 g/mol. The Morgan fingerprint density at radius 2 is 2.36 bits per heavy atom. The van der Waals surface area contributed by atoms with Gasteiger partial charge < -0.3 is 5.11 Å². The van der Waals surface area contributed by atoms with Gasteiger partial charge in [-0.3, -0.25) is 4.68 Å². The molecule has 1 atom stereocenters. The van der Waals surface area contributed by atoms with E-state index in [9.17, 15) is 5.11 Å². The minimum Gasteiger partial charge on any atom is -0.382 e. The van der Waals surface area contributed by atoms with E-state index in [-0.39, 0.29) is 0 Å². The lowest BCUT2D eigenvalue weighted by atomic mass is 9.77. The number of hydrogen-bond donors (Lipinski definition) is 1. The first-order chi connectivity index (χ1) is 6.59. The number of hydrogen-bond acceptors (Lipinski definition) is 3.